The average Bonchev–Trinajstić information content (AvgIpc) is 2.88. The Morgan fingerprint density at radius 3 is 2.56 bits per heavy atom. The molecule has 1 N–H and O–H groups in total. The third kappa shape index (κ3) is 4.62. The molecule has 25 heavy (non-hydrogen) atoms. The number of carbonyl (C=O) groups is 2. The number of likely N-dealkylation sites (tertiary alicyclic amines) is 1. The molecule has 0 spiro atoms. The van der Waals surface area contributed by atoms with E-state index in [0.29, 0.717) is 18.7 Å². The minimum Gasteiger partial charge on any atom is -0.351 e. The zero-order valence-electron chi connectivity index (χ0n) is 13.5. The van der Waals surface area contributed by atoms with Crippen LogP contribution in [0.4, 0.5) is 8.78 Å². The summed E-state index contributed by atoms with van der Waals surface area (Å²) in [6.45, 7) is 0.792. The largest absolute Gasteiger partial charge is 0.351 e. The van der Waals surface area contributed by atoms with Gasteiger partial charge in [-0.05, 0) is 35.4 Å². The second-order valence-corrected chi connectivity index (χ2v) is 6.18. The summed E-state index contributed by atoms with van der Waals surface area (Å²) < 4.78 is 26.1. The van der Waals surface area contributed by atoms with E-state index in [-0.39, 0.29) is 42.3 Å². The first-order valence-electron chi connectivity index (χ1n) is 8.05. The zero-order chi connectivity index (χ0) is 17.8. The summed E-state index contributed by atoms with van der Waals surface area (Å²) in [4.78, 5) is 25.8. The van der Waals surface area contributed by atoms with Crippen molar-refractivity contribution < 1.29 is 18.4 Å². The minimum atomic E-state index is -0.383. The van der Waals surface area contributed by atoms with Crippen LogP contribution in [0.15, 0.2) is 48.5 Å². The number of nitrogens with one attached hydrogen (secondary N) is 1. The van der Waals surface area contributed by atoms with Gasteiger partial charge in [-0.15, -0.1) is 0 Å². The molecule has 1 saturated heterocycles. The van der Waals surface area contributed by atoms with Gasteiger partial charge < -0.3 is 10.2 Å². The fraction of sp³-hybridized carbons (Fsp3) is 0.263. The van der Waals surface area contributed by atoms with E-state index in [9.17, 15) is 18.4 Å². The molecule has 1 atom stereocenters. The van der Waals surface area contributed by atoms with Crippen LogP contribution in [0.1, 0.15) is 17.5 Å². The van der Waals surface area contributed by atoms with Gasteiger partial charge in [-0.2, -0.15) is 0 Å². The van der Waals surface area contributed by atoms with Crippen molar-refractivity contribution in [2.24, 2.45) is 0 Å². The topological polar surface area (TPSA) is 49.4 Å². The standard InChI is InChI=1S/C19H18F2N2O2/c20-15-6-4-13(5-7-15)11-23-12-17(10-19(23)25)22-18(24)9-14-2-1-3-16(21)8-14/h1-8,17H,9-12H2,(H,22,24)/t17-/m0/s1. The van der Waals surface area contributed by atoms with Crippen LogP contribution in [0.3, 0.4) is 0 Å². The van der Waals surface area contributed by atoms with Gasteiger partial charge in [0, 0.05) is 19.5 Å². The summed E-state index contributed by atoms with van der Waals surface area (Å²) in [5.41, 5.74) is 1.42. The summed E-state index contributed by atoms with van der Waals surface area (Å²) in [5.74, 6) is -1.00. The Bertz CT molecular complexity index is 777. The van der Waals surface area contributed by atoms with Crippen molar-refractivity contribution in [2.75, 3.05) is 6.54 Å². The molecular weight excluding hydrogens is 326 g/mol. The van der Waals surface area contributed by atoms with Crippen LogP contribution < -0.4 is 5.32 Å². The highest BCUT2D eigenvalue weighted by molar-refractivity contribution is 5.83. The third-order valence-corrected chi connectivity index (χ3v) is 4.12. The van der Waals surface area contributed by atoms with Crippen molar-refractivity contribution in [3.8, 4) is 0 Å². The lowest BCUT2D eigenvalue weighted by molar-refractivity contribution is -0.128. The Morgan fingerprint density at radius 2 is 1.84 bits per heavy atom. The molecule has 3 rings (SSSR count). The molecule has 0 unspecified atom stereocenters. The van der Waals surface area contributed by atoms with Gasteiger partial charge >= 0.3 is 0 Å². The van der Waals surface area contributed by atoms with Gasteiger partial charge in [-0.1, -0.05) is 24.3 Å². The molecule has 4 nitrogen and oxygen atoms in total. The molecule has 0 bridgehead atoms. The van der Waals surface area contributed by atoms with E-state index in [4.69, 9.17) is 0 Å². The highest BCUT2D eigenvalue weighted by Gasteiger charge is 2.30. The number of nitrogens with zero attached hydrogens (tertiary/aromatic N) is 1. The summed E-state index contributed by atoms with van der Waals surface area (Å²) >= 11 is 0. The first kappa shape index (κ1) is 17.1. The second-order valence-electron chi connectivity index (χ2n) is 6.18. The van der Waals surface area contributed by atoms with Crippen molar-refractivity contribution in [1.82, 2.24) is 10.2 Å². The summed E-state index contributed by atoms with van der Waals surface area (Å²) in [6.07, 6.45) is 0.302. The van der Waals surface area contributed by atoms with E-state index in [0.717, 1.165) is 5.56 Å². The summed E-state index contributed by atoms with van der Waals surface area (Å²) in [7, 11) is 0. The normalized spacial score (nSPS) is 17.0. The molecular formula is C19H18F2N2O2. The van der Waals surface area contributed by atoms with Crippen molar-refractivity contribution in [3.05, 3.63) is 71.3 Å². The highest BCUT2D eigenvalue weighted by atomic mass is 19.1. The maximum Gasteiger partial charge on any atom is 0.225 e. The zero-order valence-corrected chi connectivity index (χ0v) is 13.5. The highest BCUT2D eigenvalue weighted by Crippen LogP contribution is 2.16. The number of amides is 2. The number of rotatable bonds is 5. The number of benzene rings is 2. The lowest BCUT2D eigenvalue weighted by atomic mass is 10.1. The van der Waals surface area contributed by atoms with Crippen molar-refractivity contribution in [3.63, 3.8) is 0 Å². The van der Waals surface area contributed by atoms with Crippen LogP contribution in [0.25, 0.3) is 0 Å². The van der Waals surface area contributed by atoms with Gasteiger partial charge in [0.1, 0.15) is 11.6 Å². The van der Waals surface area contributed by atoms with Gasteiger partial charge in [0.15, 0.2) is 0 Å². The fourth-order valence-corrected chi connectivity index (χ4v) is 2.94. The molecule has 1 aliphatic rings. The quantitative estimate of drug-likeness (QED) is 0.906. The van der Waals surface area contributed by atoms with Gasteiger partial charge in [0.05, 0.1) is 12.5 Å². The molecule has 0 radical (unpaired) electrons. The molecule has 2 amide bonds. The second kappa shape index (κ2) is 7.42. The van der Waals surface area contributed by atoms with Gasteiger partial charge in [0.2, 0.25) is 11.8 Å². The van der Waals surface area contributed by atoms with Crippen molar-refractivity contribution in [2.45, 2.75) is 25.4 Å². The van der Waals surface area contributed by atoms with Crippen molar-refractivity contribution in [1.29, 1.82) is 0 Å². The lowest BCUT2D eigenvalue weighted by Crippen LogP contribution is -2.37. The molecule has 0 aromatic heterocycles. The fourth-order valence-electron chi connectivity index (χ4n) is 2.94. The van der Waals surface area contributed by atoms with E-state index in [1.807, 2.05) is 0 Å². The van der Waals surface area contributed by atoms with Gasteiger partial charge in [-0.25, -0.2) is 8.78 Å². The smallest absolute Gasteiger partial charge is 0.225 e. The Labute approximate surface area is 144 Å². The third-order valence-electron chi connectivity index (χ3n) is 4.12. The Hall–Kier alpha value is -2.76. The molecule has 6 heteroatoms. The molecule has 2 aromatic rings. The molecule has 1 heterocycles. The van der Waals surface area contributed by atoms with Crippen LogP contribution in [0.2, 0.25) is 0 Å². The van der Waals surface area contributed by atoms with Crippen LogP contribution >= 0.6 is 0 Å². The molecule has 0 aliphatic carbocycles. The van der Waals surface area contributed by atoms with E-state index < -0.39 is 0 Å². The van der Waals surface area contributed by atoms with Crippen LogP contribution in [-0.2, 0) is 22.6 Å². The molecule has 130 valence electrons. The molecule has 1 aliphatic heterocycles. The maximum atomic E-state index is 13.2. The number of hydrogen-bond donors (Lipinski definition) is 1. The molecule has 0 saturated carbocycles. The lowest BCUT2D eigenvalue weighted by Gasteiger charge is -2.17. The summed E-state index contributed by atoms with van der Waals surface area (Å²) in [6, 6.07) is 11.6. The first-order chi connectivity index (χ1) is 12.0. The Kier molecular flexibility index (Phi) is 5.07. The molecule has 1 fully saturated rings. The number of carbonyl (C=O) groups excluding carboxylic acids is 2. The van der Waals surface area contributed by atoms with E-state index in [1.54, 1.807) is 29.2 Å². The van der Waals surface area contributed by atoms with Crippen molar-refractivity contribution >= 4 is 11.8 Å². The predicted molar refractivity (Wildman–Crippen MR) is 88.5 cm³/mol. The van der Waals surface area contributed by atoms with Crippen LogP contribution in [0.5, 0.6) is 0 Å². The van der Waals surface area contributed by atoms with Gasteiger partial charge in [-0.3, -0.25) is 9.59 Å². The minimum absolute atomic E-state index is 0.0552. The first-order valence-corrected chi connectivity index (χ1v) is 8.05. The van der Waals surface area contributed by atoms with E-state index >= 15 is 0 Å². The maximum absolute atomic E-state index is 13.2. The molecule has 2 aromatic carbocycles. The Morgan fingerprint density at radius 1 is 1.08 bits per heavy atom. The Balaban J connectivity index is 1.53. The predicted octanol–water partition coefficient (Wildman–Crippen LogP) is 2.42. The van der Waals surface area contributed by atoms with Crippen LogP contribution in [-0.4, -0.2) is 29.3 Å². The van der Waals surface area contributed by atoms with E-state index in [2.05, 4.69) is 5.32 Å². The summed E-state index contributed by atoms with van der Waals surface area (Å²) in [5, 5.41) is 2.82. The average molecular weight is 344 g/mol. The van der Waals surface area contributed by atoms with E-state index in [1.165, 1.54) is 24.3 Å². The number of halogens is 2. The van der Waals surface area contributed by atoms with Crippen LogP contribution in [0, 0.1) is 11.6 Å². The SMILES string of the molecule is O=C(Cc1cccc(F)c1)N[C@H]1CC(=O)N(Cc2ccc(F)cc2)C1. The monoisotopic (exact) mass is 344 g/mol. The number of hydrogen-bond acceptors (Lipinski definition) is 2. The van der Waals surface area contributed by atoms with Gasteiger partial charge in [0.25, 0.3) is 0 Å².